The number of unbranched alkanes of at least 4 members (excludes halogenated alkanes) is 2. The molecule has 3 N–H and O–H groups in total. The summed E-state index contributed by atoms with van der Waals surface area (Å²) in [6, 6.07) is 6.87. The molecule has 1 atom stereocenters. The molecule has 1 aromatic rings. The van der Waals surface area contributed by atoms with Crippen LogP contribution in [0.25, 0.3) is 0 Å². The van der Waals surface area contributed by atoms with Gasteiger partial charge in [-0.1, -0.05) is 31.9 Å². The topological polar surface area (TPSA) is 89.3 Å². The standard InChI is InChI=1S/C16H26N2O3S/c1-3-4-5-6-13-7-9-14(10-8-13)18-16(19)15(17)11-12-22(2,20)21/h7-10,15H,3-6,11-12,17H2,1-2H3,(H,18,19). The van der Waals surface area contributed by atoms with Crippen LogP contribution in [-0.4, -0.2) is 32.4 Å². The predicted molar refractivity (Wildman–Crippen MR) is 90.6 cm³/mol. The van der Waals surface area contributed by atoms with Gasteiger partial charge >= 0.3 is 0 Å². The van der Waals surface area contributed by atoms with Crippen LogP contribution in [0.2, 0.25) is 0 Å². The first-order valence-electron chi connectivity index (χ1n) is 7.65. The Balaban J connectivity index is 2.47. The number of anilines is 1. The van der Waals surface area contributed by atoms with Crippen molar-refractivity contribution in [2.75, 3.05) is 17.3 Å². The lowest BCUT2D eigenvalue weighted by molar-refractivity contribution is -0.117. The van der Waals surface area contributed by atoms with Crippen LogP contribution in [0.1, 0.15) is 38.2 Å². The molecule has 6 heteroatoms. The molecule has 5 nitrogen and oxygen atoms in total. The second-order valence-corrected chi connectivity index (χ2v) is 7.93. The van der Waals surface area contributed by atoms with Crippen molar-refractivity contribution in [3.63, 3.8) is 0 Å². The maximum absolute atomic E-state index is 11.9. The van der Waals surface area contributed by atoms with Crippen LogP contribution < -0.4 is 11.1 Å². The van der Waals surface area contributed by atoms with Crippen molar-refractivity contribution in [2.24, 2.45) is 5.73 Å². The van der Waals surface area contributed by atoms with Crippen molar-refractivity contribution < 1.29 is 13.2 Å². The minimum absolute atomic E-state index is 0.0854. The van der Waals surface area contributed by atoms with E-state index < -0.39 is 15.9 Å². The molecule has 0 aromatic heterocycles. The third kappa shape index (κ3) is 7.56. The monoisotopic (exact) mass is 326 g/mol. The van der Waals surface area contributed by atoms with Gasteiger partial charge in [0.15, 0.2) is 0 Å². The van der Waals surface area contributed by atoms with Crippen LogP contribution in [0.15, 0.2) is 24.3 Å². The molecule has 0 fully saturated rings. The first-order chi connectivity index (χ1) is 10.3. The summed E-state index contributed by atoms with van der Waals surface area (Å²) in [6.07, 6.45) is 5.87. The Kier molecular flexibility index (Phi) is 7.55. The zero-order chi connectivity index (χ0) is 16.6. The number of sulfone groups is 1. The molecule has 0 heterocycles. The van der Waals surface area contributed by atoms with Gasteiger partial charge in [0.1, 0.15) is 9.84 Å². The van der Waals surface area contributed by atoms with E-state index in [1.165, 1.54) is 24.8 Å². The van der Waals surface area contributed by atoms with E-state index in [4.69, 9.17) is 5.73 Å². The maximum atomic E-state index is 11.9. The minimum Gasteiger partial charge on any atom is -0.325 e. The Bertz CT molecular complexity index is 568. The highest BCUT2D eigenvalue weighted by atomic mass is 32.2. The van der Waals surface area contributed by atoms with Gasteiger partial charge in [0.2, 0.25) is 5.91 Å². The van der Waals surface area contributed by atoms with Gasteiger partial charge in [-0.2, -0.15) is 0 Å². The number of carbonyl (C=O) groups is 1. The molecular formula is C16H26N2O3S. The maximum Gasteiger partial charge on any atom is 0.241 e. The summed E-state index contributed by atoms with van der Waals surface area (Å²) in [5.41, 5.74) is 7.63. The SMILES string of the molecule is CCCCCc1ccc(NC(=O)C(N)CCS(C)(=O)=O)cc1. The van der Waals surface area contributed by atoms with Crippen molar-refractivity contribution in [3.05, 3.63) is 29.8 Å². The highest BCUT2D eigenvalue weighted by Crippen LogP contribution is 2.13. The van der Waals surface area contributed by atoms with E-state index in [-0.39, 0.29) is 18.1 Å². The Morgan fingerprint density at radius 2 is 1.86 bits per heavy atom. The van der Waals surface area contributed by atoms with Gasteiger partial charge in [0.05, 0.1) is 11.8 Å². The lowest BCUT2D eigenvalue weighted by Gasteiger charge is -2.12. The lowest BCUT2D eigenvalue weighted by Crippen LogP contribution is -2.37. The Morgan fingerprint density at radius 1 is 1.23 bits per heavy atom. The van der Waals surface area contributed by atoms with Crippen molar-refractivity contribution in [3.8, 4) is 0 Å². The van der Waals surface area contributed by atoms with E-state index >= 15 is 0 Å². The largest absolute Gasteiger partial charge is 0.325 e. The molecule has 22 heavy (non-hydrogen) atoms. The lowest BCUT2D eigenvalue weighted by atomic mass is 10.1. The van der Waals surface area contributed by atoms with Crippen LogP contribution in [0, 0.1) is 0 Å². The van der Waals surface area contributed by atoms with Gasteiger partial charge in [0, 0.05) is 11.9 Å². The highest BCUT2D eigenvalue weighted by molar-refractivity contribution is 7.90. The summed E-state index contributed by atoms with van der Waals surface area (Å²) in [5, 5.41) is 2.71. The van der Waals surface area contributed by atoms with E-state index in [0.717, 1.165) is 12.7 Å². The summed E-state index contributed by atoms with van der Waals surface area (Å²) >= 11 is 0. The van der Waals surface area contributed by atoms with Crippen molar-refractivity contribution >= 4 is 21.4 Å². The van der Waals surface area contributed by atoms with Gasteiger partial charge in [-0.15, -0.1) is 0 Å². The summed E-state index contributed by atoms with van der Waals surface area (Å²) in [5.74, 6) is -0.444. The van der Waals surface area contributed by atoms with E-state index in [1.54, 1.807) is 0 Å². The number of benzene rings is 1. The number of nitrogens with two attached hydrogens (primary N) is 1. The van der Waals surface area contributed by atoms with Gasteiger partial charge in [-0.25, -0.2) is 8.42 Å². The fourth-order valence-corrected chi connectivity index (χ4v) is 2.72. The second kappa shape index (κ2) is 8.90. The van der Waals surface area contributed by atoms with Crippen molar-refractivity contribution in [1.82, 2.24) is 0 Å². The van der Waals surface area contributed by atoms with Gasteiger partial charge in [-0.3, -0.25) is 4.79 Å². The normalized spacial score (nSPS) is 12.9. The van der Waals surface area contributed by atoms with Crippen LogP contribution in [0.5, 0.6) is 0 Å². The molecule has 1 rings (SSSR count). The first-order valence-corrected chi connectivity index (χ1v) is 9.71. The summed E-state index contributed by atoms with van der Waals surface area (Å²) in [6.45, 7) is 2.17. The summed E-state index contributed by atoms with van der Waals surface area (Å²) in [4.78, 5) is 11.9. The summed E-state index contributed by atoms with van der Waals surface area (Å²) in [7, 11) is -3.10. The summed E-state index contributed by atoms with van der Waals surface area (Å²) < 4.78 is 22.1. The van der Waals surface area contributed by atoms with Crippen LogP contribution in [0.3, 0.4) is 0 Å². The molecule has 0 saturated carbocycles. The fourth-order valence-electron chi connectivity index (χ4n) is 2.04. The number of carbonyl (C=O) groups excluding carboxylic acids is 1. The van der Waals surface area contributed by atoms with Gasteiger partial charge < -0.3 is 11.1 Å². The third-order valence-corrected chi connectivity index (χ3v) is 4.40. The molecule has 1 aromatic carbocycles. The molecule has 0 aliphatic carbocycles. The molecular weight excluding hydrogens is 300 g/mol. The van der Waals surface area contributed by atoms with E-state index in [0.29, 0.717) is 5.69 Å². The van der Waals surface area contributed by atoms with E-state index in [2.05, 4.69) is 12.2 Å². The number of aryl methyl sites for hydroxylation is 1. The molecule has 0 radical (unpaired) electrons. The van der Waals surface area contributed by atoms with Gasteiger partial charge in [0.25, 0.3) is 0 Å². The molecule has 1 unspecified atom stereocenters. The van der Waals surface area contributed by atoms with Crippen LogP contribution in [-0.2, 0) is 21.1 Å². The zero-order valence-electron chi connectivity index (χ0n) is 13.3. The predicted octanol–water partition coefficient (Wildman–Crippen LogP) is 2.12. The number of rotatable bonds is 9. The second-order valence-electron chi connectivity index (χ2n) is 5.67. The number of nitrogens with one attached hydrogen (secondary N) is 1. The highest BCUT2D eigenvalue weighted by Gasteiger charge is 2.16. The quantitative estimate of drug-likeness (QED) is 0.680. The van der Waals surface area contributed by atoms with E-state index in [9.17, 15) is 13.2 Å². The average molecular weight is 326 g/mol. The molecule has 124 valence electrons. The first kappa shape index (κ1) is 18.6. The average Bonchev–Trinajstić information content (AvgIpc) is 2.46. The Morgan fingerprint density at radius 3 is 2.41 bits per heavy atom. The number of hydrogen-bond donors (Lipinski definition) is 2. The zero-order valence-corrected chi connectivity index (χ0v) is 14.2. The molecule has 0 bridgehead atoms. The minimum atomic E-state index is -3.10. The Hall–Kier alpha value is -1.40. The smallest absolute Gasteiger partial charge is 0.241 e. The molecule has 0 aliphatic rings. The number of hydrogen-bond acceptors (Lipinski definition) is 4. The van der Waals surface area contributed by atoms with Crippen LogP contribution in [0.4, 0.5) is 5.69 Å². The Labute approximate surface area is 133 Å². The van der Waals surface area contributed by atoms with Gasteiger partial charge in [-0.05, 0) is 37.0 Å². The number of amides is 1. The molecule has 0 spiro atoms. The fraction of sp³-hybridized carbons (Fsp3) is 0.562. The molecule has 0 saturated heterocycles. The van der Waals surface area contributed by atoms with Crippen molar-refractivity contribution in [2.45, 2.75) is 45.1 Å². The molecule has 0 aliphatic heterocycles. The van der Waals surface area contributed by atoms with E-state index in [1.807, 2.05) is 24.3 Å². The van der Waals surface area contributed by atoms with Crippen molar-refractivity contribution in [1.29, 1.82) is 0 Å². The third-order valence-electron chi connectivity index (χ3n) is 3.43. The van der Waals surface area contributed by atoms with Crippen LogP contribution >= 0.6 is 0 Å². The molecule has 1 amide bonds.